The molecule has 2 amide bonds. The highest BCUT2D eigenvalue weighted by Crippen LogP contribution is 2.32. The summed E-state index contributed by atoms with van der Waals surface area (Å²) in [6.45, 7) is 4.41. The minimum Gasteiger partial charge on any atom is -0.337 e. The van der Waals surface area contributed by atoms with E-state index in [1.165, 1.54) is 12.8 Å². The van der Waals surface area contributed by atoms with Gasteiger partial charge in [0, 0.05) is 30.0 Å². The van der Waals surface area contributed by atoms with Crippen LogP contribution in [0.25, 0.3) is 0 Å². The van der Waals surface area contributed by atoms with Crippen molar-refractivity contribution in [3.63, 3.8) is 0 Å². The van der Waals surface area contributed by atoms with Gasteiger partial charge in [-0.1, -0.05) is 24.9 Å². The van der Waals surface area contributed by atoms with Gasteiger partial charge in [0.2, 0.25) is 5.89 Å². The van der Waals surface area contributed by atoms with E-state index in [0.29, 0.717) is 18.4 Å². The summed E-state index contributed by atoms with van der Waals surface area (Å²) in [5, 5.41) is 12.7. The first-order valence-corrected chi connectivity index (χ1v) is 9.28. The Morgan fingerprint density at radius 3 is 2.92 bits per heavy atom. The second kappa shape index (κ2) is 7.74. The first-order chi connectivity index (χ1) is 11.6. The van der Waals surface area contributed by atoms with Crippen molar-refractivity contribution in [2.24, 2.45) is 0 Å². The zero-order chi connectivity index (χ0) is 16.9. The van der Waals surface area contributed by atoms with Crippen LogP contribution < -0.4 is 10.6 Å². The van der Waals surface area contributed by atoms with Crippen molar-refractivity contribution in [3.05, 3.63) is 28.3 Å². The first kappa shape index (κ1) is 16.9. The third-order valence-corrected chi connectivity index (χ3v) is 5.34. The van der Waals surface area contributed by atoms with Crippen LogP contribution in [0, 0.1) is 0 Å². The van der Waals surface area contributed by atoms with Crippen LogP contribution >= 0.6 is 11.3 Å². The number of hydrogen-bond donors (Lipinski definition) is 2. The van der Waals surface area contributed by atoms with Gasteiger partial charge < -0.3 is 15.2 Å². The summed E-state index contributed by atoms with van der Waals surface area (Å²) in [5.41, 5.74) is 0. The van der Waals surface area contributed by atoms with Crippen LogP contribution in [-0.2, 0) is 0 Å². The number of carbonyl (C=O) groups excluding carboxylic acids is 1. The lowest BCUT2D eigenvalue weighted by molar-refractivity contribution is 0.233. The molecular formula is C16H23N5O2S. The van der Waals surface area contributed by atoms with Crippen molar-refractivity contribution in [2.75, 3.05) is 6.54 Å². The number of nitrogens with zero attached hydrogens (tertiary/aromatic N) is 3. The maximum absolute atomic E-state index is 12.0. The highest BCUT2D eigenvalue weighted by Gasteiger charge is 2.24. The monoisotopic (exact) mass is 349 g/mol. The van der Waals surface area contributed by atoms with Crippen molar-refractivity contribution in [2.45, 2.75) is 57.4 Å². The molecule has 3 rings (SSSR count). The lowest BCUT2D eigenvalue weighted by atomic mass is 10.1. The van der Waals surface area contributed by atoms with Gasteiger partial charge in [0.1, 0.15) is 6.04 Å². The van der Waals surface area contributed by atoms with Gasteiger partial charge in [-0.2, -0.15) is 4.98 Å². The Labute approximate surface area is 145 Å². The second-order valence-electron chi connectivity index (χ2n) is 6.32. The van der Waals surface area contributed by atoms with E-state index >= 15 is 0 Å². The Morgan fingerprint density at radius 2 is 2.21 bits per heavy atom. The fourth-order valence-corrected chi connectivity index (χ4v) is 3.59. The van der Waals surface area contributed by atoms with Gasteiger partial charge in [-0.3, -0.25) is 0 Å². The Bertz CT molecular complexity index is 651. The molecule has 1 saturated carbocycles. The molecular weight excluding hydrogens is 326 g/mol. The van der Waals surface area contributed by atoms with Gasteiger partial charge in [0.05, 0.1) is 5.01 Å². The van der Waals surface area contributed by atoms with E-state index in [1.54, 1.807) is 17.5 Å². The van der Waals surface area contributed by atoms with Gasteiger partial charge in [-0.15, -0.1) is 11.3 Å². The van der Waals surface area contributed by atoms with E-state index in [2.05, 4.69) is 25.8 Å². The van der Waals surface area contributed by atoms with Crippen molar-refractivity contribution in [1.29, 1.82) is 0 Å². The molecule has 7 nitrogen and oxygen atoms in total. The zero-order valence-corrected chi connectivity index (χ0v) is 14.8. The van der Waals surface area contributed by atoms with Crippen LogP contribution in [0.15, 0.2) is 16.1 Å². The molecule has 1 aliphatic carbocycles. The highest BCUT2D eigenvalue weighted by atomic mass is 32.1. The number of aromatic nitrogens is 3. The van der Waals surface area contributed by atoms with Crippen molar-refractivity contribution in [3.8, 4) is 0 Å². The van der Waals surface area contributed by atoms with E-state index in [1.807, 2.05) is 19.2 Å². The summed E-state index contributed by atoms with van der Waals surface area (Å²) in [6, 6.07) is -0.561. The number of amides is 2. The molecule has 24 heavy (non-hydrogen) atoms. The molecule has 1 fully saturated rings. The minimum absolute atomic E-state index is 0.184. The van der Waals surface area contributed by atoms with E-state index in [9.17, 15) is 4.79 Å². The van der Waals surface area contributed by atoms with Crippen LogP contribution in [0.1, 0.15) is 74.1 Å². The molecule has 2 heterocycles. The van der Waals surface area contributed by atoms with Gasteiger partial charge >= 0.3 is 6.03 Å². The fraction of sp³-hybridized carbons (Fsp3) is 0.625. The average molecular weight is 349 g/mol. The number of hydrogen-bond acceptors (Lipinski definition) is 6. The lowest BCUT2D eigenvalue weighted by Gasteiger charge is -2.13. The standard InChI is InChI=1S/C16H23N5O2S/c1-10(15-17-7-8-24-15)9-18-16(22)19-11(2)14-20-13(21-23-14)12-5-3-4-6-12/h7-8,10-12H,3-6,9H2,1-2H3,(H2,18,19,22)/t10-,11+/m1/s1. The summed E-state index contributed by atoms with van der Waals surface area (Å²) in [4.78, 5) is 20.7. The molecule has 8 heteroatoms. The molecule has 0 spiro atoms. The molecule has 0 saturated heterocycles. The Hall–Kier alpha value is -1.96. The number of carbonyl (C=O) groups is 1. The molecule has 0 aromatic carbocycles. The fourth-order valence-electron chi connectivity index (χ4n) is 2.89. The summed E-state index contributed by atoms with van der Waals surface area (Å²) in [7, 11) is 0. The molecule has 0 aliphatic heterocycles. The largest absolute Gasteiger partial charge is 0.337 e. The quantitative estimate of drug-likeness (QED) is 0.834. The summed E-state index contributed by atoms with van der Waals surface area (Å²) in [6.07, 6.45) is 6.46. The number of nitrogens with one attached hydrogen (secondary N) is 2. The van der Waals surface area contributed by atoms with Gasteiger partial charge in [0.25, 0.3) is 0 Å². The summed E-state index contributed by atoms with van der Waals surface area (Å²) in [5.74, 6) is 1.82. The van der Waals surface area contributed by atoms with E-state index in [0.717, 1.165) is 23.7 Å². The third-order valence-electron chi connectivity index (χ3n) is 4.34. The highest BCUT2D eigenvalue weighted by molar-refractivity contribution is 7.09. The molecule has 0 unspecified atom stereocenters. The molecule has 1 aliphatic rings. The number of rotatable bonds is 6. The molecule has 0 bridgehead atoms. The predicted octanol–water partition coefficient (Wildman–Crippen LogP) is 3.35. The normalized spacial score (nSPS) is 17.6. The Kier molecular flexibility index (Phi) is 5.44. The molecule has 2 N–H and O–H groups in total. The van der Waals surface area contributed by atoms with Crippen LogP contribution in [0.3, 0.4) is 0 Å². The Balaban J connectivity index is 1.47. The lowest BCUT2D eigenvalue weighted by Crippen LogP contribution is -2.38. The van der Waals surface area contributed by atoms with Gasteiger partial charge in [-0.05, 0) is 19.8 Å². The molecule has 130 valence electrons. The van der Waals surface area contributed by atoms with E-state index < -0.39 is 0 Å². The first-order valence-electron chi connectivity index (χ1n) is 8.40. The minimum atomic E-state index is -0.317. The van der Waals surface area contributed by atoms with Crippen molar-refractivity contribution in [1.82, 2.24) is 25.8 Å². The SMILES string of the molecule is C[C@H](CNC(=O)N[C@@H](C)c1nc(C2CCCC2)no1)c1nccs1. The predicted molar refractivity (Wildman–Crippen MR) is 91.0 cm³/mol. The summed E-state index contributed by atoms with van der Waals surface area (Å²) < 4.78 is 5.31. The summed E-state index contributed by atoms with van der Waals surface area (Å²) >= 11 is 1.59. The number of urea groups is 1. The molecule has 2 aromatic heterocycles. The molecule has 2 atom stereocenters. The van der Waals surface area contributed by atoms with Crippen LogP contribution in [0.2, 0.25) is 0 Å². The zero-order valence-electron chi connectivity index (χ0n) is 14.0. The Morgan fingerprint density at radius 1 is 1.42 bits per heavy atom. The molecule has 0 radical (unpaired) electrons. The average Bonchev–Trinajstić information content (AvgIpc) is 3.34. The smallest absolute Gasteiger partial charge is 0.315 e. The van der Waals surface area contributed by atoms with E-state index in [4.69, 9.17) is 4.52 Å². The number of thiazole rings is 1. The maximum atomic E-state index is 12.0. The van der Waals surface area contributed by atoms with Crippen LogP contribution in [-0.4, -0.2) is 27.7 Å². The van der Waals surface area contributed by atoms with Crippen LogP contribution in [0.4, 0.5) is 4.79 Å². The van der Waals surface area contributed by atoms with Gasteiger partial charge in [-0.25, -0.2) is 9.78 Å². The van der Waals surface area contributed by atoms with Gasteiger partial charge in [0.15, 0.2) is 5.82 Å². The van der Waals surface area contributed by atoms with Crippen molar-refractivity contribution < 1.29 is 9.32 Å². The van der Waals surface area contributed by atoms with Crippen LogP contribution in [0.5, 0.6) is 0 Å². The van der Waals surface area contributed by atoms with E-state index in [-0.39, 0.29) is 18.0 Å². The second-order valence-corrected chi connectivity index (χ2v) is 7.25. The topological polar surface area (TPSA) is 92.9 Å². The maximum Gasteiger partial charge on any atom is 0.315 e. The molecule has 2 aromatic rings. The van der Waals surface area contributed by atoms with Crippen molar-refractivity contribution >= 4 is 17.4 Å². The third kappa shape index (κ3) is 4.11.